The van der Waals surface area contributed by atoms with Crippen molar-refractivity contribution in [1.82, 2.24) is 9.62 Å². The molecule has 3 aromatic rings. The summed E-state index contributed by atoms with van der Waals surface area (Å²) < 4.78 is 42.0. The molecule has 0 bridgehead atoms. The number of nitrogens with zero attached hydrogens (tertiary/aromatic N) is 1. The van der Waals surface area contributed by atoms with E-state index in [1.807, 2.05) is 88.4 Å². The van der Waals surface area contributed by atoms with E-state index in [0.717, 1.165) is 16.5 Å². The Labute approximate surface area is 226 Å². The zero-order chi connectivity index (χ0) is 27.3. The van der Waals surface area contributed by atoms with Crippen LogP contribution in [0.25, 0.3) is 10.8 Å². The molecule has 4 rings (SSSR count). The smallest absolute Gasteiger partial charge is 0.410 e. The summed E-state index contributed by atoms with van der Waals surface area (Å²) in [5, 5.41) is 1.61. The molecule has 1 unspecified atom stereocenters. The minimum absolute atomic E-state index is 0.0101. The average molecular weight is 539 g/mol. The van der Waals surface area contributed by atoms with Crippen molar-refractivity contribution in [3.8, 4) is 0 Å². The number of hydrogen-bond donors (Lipinski definition) is 1. The van der Waals surface area contributed by atoms with Crippen molar-refractivity contribution in [2.75, 3.05) is 19.7 Å². The number of likely N-dealkylation sites (tertiary alicyclic amines) is 1. The standard InChI is InChI=1S/C30H38N2O5S/c1-22-14-15-28(26-13-9-8-12-25(22)26)38(34,35)31-27(21-36-20-23-10-6-5-7-11-23)24-16-18-32(19-17-24)29(33)37-30(2,3)4/h5-15,24,27,31H,16-21H2,1-4H3. The molecule has 1 heterocycles. The van der Waals surface area contributed by atoms with Crippen molar-refractivity contribution in [3.63, 3.8) is 0 Å². The van der Waals surface area contributed by atoms with E-state index in [1.54, 1.807) is 11.0 Å². The minimum Gasteiger partial charge on any atom is -0.444 e. The monoisotopic (exact) mass is 538 g/mol. The fourth-order valence-electron chi connectivity index (χ4n) is 4.87. The highest BCUT2D eigenvalue weighted by Crippen LogP contribution is 2.28. The topological polar surface area (TPSA) is 84.9 Å². The van der Waals surface area contributed by atoms with E-state index >= 15 is 0 Å². The van der Waals surface area contributed by atoms with Gasteiger partial charge in [0.05, 0.1) is 18.1 Å². The van der Waals surface area contributed by atoms with E-state index in [1.165, 1.54) is 0 Å². The Balaban J connectivity index is 1.52. The zero-order valence-corrected chi connectivity index (χ0v) is 23.5. The van der Waals surface area contributed by atoms with Crippen molar-refractivity contribution in [3.05, 3.63) is 77.9 Å². The second-order valence-electron chi connectivity index (χ2n) is 11.0. The lowest BCUT2D eigenvalue weighted by Gasteiger charge is -2.36. The van der Waals surface area contributed by atoms with Gasteiger partial charge in [0.15, 0.2) is 0 Å². The summed E-state index contributed by atoms with van der Waals surface area (Å²) in [5.74, 6) is 0.0101. The molecule has 8 heteroatoms. The van der Waals surface area contributed by atoms with Gasteiger partial charge in [-0.3, -0.25) is 0 Å². The van der Waals surface area contributed by atoms with Gasteiger partial charge in [-0.05, 0) is 69.0 Å². The number of benzene rings is 3. The Morgan fingerprint density at radius 1 is 0.974 bits per heavy atom. The van der Waals surface area contributed by atoms with Crippen molar-refractivity contribution >= 4 is 26.9 Å². The molecule has 204 valence electrons. The van der Waals surface area contributed by atoms with Crippen LogP contribution in [0.4, 0.5) is 4.79 Å². The quantitative estimate of drug-likeness (QED) is 0.400. The second kappa shape index (κ2) is 11.8. The van der Waals surface area contributed by atoms with Crippen LogP contribution < -0.4 is 4.72 Å². The van der Waals surface area contributed by atoms with Crippen LogP contribution in [0.15, 0.2) is 71.6 Å². The largest absolute Gasteiger partial charge is 0.444 e. The molecule has 1 fully saturated rings. The van der Waals surface area contributed by atoms with Gasteiger partial charge in [0, 0.05) is 24.5 Å². The molecule has 1 aliphatic rings. The Kier molecular flexibility index (Phi) is 8.75. The van der Waals surface area contributed by atoms with Crippen LogP contribution >= 0.6 is 0 Å². The lowest BCUT2D eigenvalue weighted by molar-refractivity contribution is 0.0141. The molecule has 0 saturated carbocycles. The zero-order valence-electron chi connectivity index (χ0n) is 22.6. The third kappa shape index (κ3) is 7.12. The third-order valence-electron chi connectivity index (χ3n) is 6.87. The fraction of sp³-hybridized carbons (Fsp3) is 0.433. The first-order chi connectivity index (χ1) is 18.0. The highest BCUT2D eigenvalue weighted by molar-refractivity contribution is 7.89. The first-order valence-corrected chi connectivity index (χ1v) is 14.6. The molecule has 1 N–H and O–H groups in total. The number of aryl methyl sites for hydroxylation is 1. The molecule has 0 aromatic heterocycles. The van der Waals surface area contributed by atoms with E-state index in [-0.39, 0.29) is 23.5 Å². The van der Waals surface area contributed by atoms with Crippen LogP contribution in [0.1, 0.15) is 44.7 Å². The van der Waals surface area contributed by atoms with E-state index in [0.29, 0.717) is 37.9 Å². The van der Waals surface area contributed by atoms with Gasteiger partial charge < -0.3 is 14.4 Å². The first kappa shape index (κ1) is 28.1. The number of carbonyl (C=O) groups is 1. The third-order valence-corrected chi connectivity index (χ3v) is 8.42. The minimum atomic E-state index is -3.84. The maximum absolute atomic E-state index is 13.7. The van der Waals surface area contributed by atoms with Crippen LogP contribution in [0, 0.1) is 12.8 Å². The maximum Gasteiger partial charge on any atom is 0.410 e. The molecule has 0 aliphatic carbocycles. The highest BCUT2D eigenvalue weighted by atomic mass is 32.2. The van der Waals surface area contributed by atoms with Crippen LogP contribution in [0.3, 0.4) is 0 Å². The number of sulfonamides is 1. The van der Waals surface area contributed by atoms with Gasteiger partial charge >= 0.3 is 6.09 Å². The molecule has 1 aliphatic heterocycles. The summed E-state index contributed by atoms with van der Waals surface area (Å²) in [6.07, 6.45) is 0.963. The van der Waals surface area contributed by atoms with Gasteiger partial charge in [0.1, 0.15) is 5.60 Å². The summed E-state index contributed by atoms with van der Waals surface area (Å²) >= 11 is 0. The molecular formula is C30H38N2O5S. The Bertz CT molecular complexity index is 1340. The lowest BCUT2D eigenvalue weighted by Crippen LogP contribution is -2.49. The summed E-state index contributed by atoms with van der Waals surface area (Å²) in [6, 6.07) is 20.5. The molecule has 3 aromatic carbocycles. The Morgan fingerprint density at radius 2 is 1.61 bits per heavy atom. The number of rotatable bonds is 8. The van der Waals surface area contributed by atoms with Crippen LogP contribution in [-0.2, 0) is 26.1 Å². The van der Waals surface area contributed by atoms with E-state index in [9.17, 15) is 13.2 Å². The van der Waals surface area contributed by atoms with Crippen molar-refractivity contribution in [2.45, 2.75) is 63.7 Å². The van der Waals surface area contributed by atoms with Crippen LogP contribution in [0.2, 0.25) is 0 Å². The number of hydrogen-bond acceptors (Lipinski definition) is 5. The SMILES string of the molecule is Cc1ccc(S(=O)(=O)NC(COCc2ccccc2)C2CCN(C(=O)OC(C)(C)C)CC2)c2ccccc12. The van der Waals surface area contributed by atoms with E-state index in [4.69, 9.17) is 9.47 Å². The summed E-state index contributed by atoms with van der Waals surface area (Å²) in [7, 11) is -3.84. The van der Waals surface area contributed by atoms with Gasteiger partial charge in [-0.2, -0.15) is 0 Å². The highest BCUT2D eigenvalue weighted by Gasteiger charge is 2.33. The van der Waals surface area contributed by atoms with Gasteiger partial charge in [-0.15, -0.1) is 0 Å². The summed E-state index contributed by atoms with van der Waals surface area (Å²) in [4.78, 5) is 14.5. The predicted octanol–water partition coefficient (Wildman–Crippen LogP) is 5.66. The number of nitrogens with one attached hydrogen (secondary N) is 1. The predicted molar refractivity (Wildman–Crippen MR) is 149 cm³/mol. The number of piperidine rings is 1. The Hall–Kier alpha value is -2.94. The van der Waals surface area contributed by atoms with Gasteiger partial charge in [-0.1, -0.05) is 60.7 Å². The van der Waals surface area contributed by atoms with Crippen LogP contribution in [0.5, 0.6) is 0 Å². The van der Waals surface area contributed by atoms with Crippen molar-refractivity contribution < 1.29 is 22.7 Å². The Morgan fingerprint density at radius 3 is 2.26 bits per heavy atom. The van der Waals surface area contributed by atoms with Crippen molar-refractivity contribution in [2.24, 2.45) is 5.92 Å². The molecule has 0 spiro atoms. The fourth-order valence-corrected chi connectivity index (χ4v) is 6.38. The number of fused-ring (bicyclic) bond motifs is 1. The number of carbonyl (C=O) groups excluding carboxylic acids is 1. The first-order valence-electron chi connectivity index (χ1n) is 13.1. The summed E-state index contributed by atoms with van der Waals surface area (Å²) in [5.41, 5.74) is 1.49. The molecule has 7 nitrogen and oxygen atoms in total. The molecule has 1 saturated heterocycles. The molecule has 0 radical (unpaired) electrons. The number of ether oxygens (including phenoxy) is 2. The molecule has 1 atom stereocenters. The second-order valence-corrected chi connectivity index (χ2v) is 12.6. The normalized spacial score (nSPS) is 15.9. The van der Waals surface area contributed by atoms with E-state index < -0.39 is 21.7 Å². The van der Waals surface area contributed by atoms with Gasteiger partial charge in [0.2, 0.25) is 10.0 Å². The maximum atomic E-state index is 13.7. The number of amides is 1. The van der Waals surface area contributed by atoms with Crippen molar-refractivity contribution in [1.29, 1.82) is 0 Å². The van der Waals surface area contributed by atoms with Gasteiger partial charge in [-0.25, -0.2) is 17.9 Å². The molecule has 1 amide bonds. The average Bonchev–Trinajstić information content (AvgIpc) is 2.88. The lowest BCUT2D eigenvalue weighted by atomic mass is 9.90. The summed E-state index contributed by atoms with van der Waals surface area (Å²) in [6.45, 7) is 9.15. The molecule has 38 heavy (non-hydrogen) atoms. The van der Waals surface area contributed by atoms with Crippen LogP contribution in [-0.4, -0.2) is 50.8 Å². The molecular weight excluding hydrogens is 500 g/mol. The van der Waals surface area contributed by atoms with Gasteiger partial charge in [0.25, 0.3) is 0 Å². The van der Waals surface area contributed by atoms with E-state index in [2.05, 4.69) is 4.72 Å².